The molecular formula is C21H30N2O5S2. The lowest BCUT2D eigenvalue weighted by molar-refractivity contribution is 0.0520. The number of carbonyl (C=O) groups is 1. The summed E-state index contributed by atoms with van der Waals surface area (Å²) in [5.41, 5.74) is 1.19. The Kier molecular flexibility index (Phi) is 8.54. The first-order chi connectivity index (χ1) is 14.1. The molecule has 1 aromatic heterocycles. The second kappa shape index (κ2) is 10.5. The van der Waals surface area contributed by atoms with E-state index in [1.165, 1.54) is 15.6 Å². The molecular weight excluding hydrogens is 424 g/mol. The lowest BCUT2D eigenvalue weighted by Crippen LogP contribution is -2.32. The van der Waals surface area contributed by atoms with E-state index in [9.17, 15) is 13.2 Å². The monoisotopic (exact) mass is 454 g/mol. The lowest BCUT2D eigenvalue weighted by Gasteiger charge is -2.23. The molecule has 0 saturated heterocycles. The summed E-state index contributed by atoms with van der Waals surface area (Å²) < 4.78 is 38.0. The Balaban J connectivity index is 2.27. The van der Waals surface area contributed by atoms with E-state index in [0.29, 0.717) is 18.0 Å². The van der Waals surface area contributed by atoms with Crippen LogP contribution in [-0.4, -0.2) is 50.5 Å². The molecule has 2 rings (SSSR count). The maximum atomic E-state index is 13.3. The number of rotatable bonds is 10. The van der Waals surface area contributed by atoms with E-state index in [1.807, 2.05) is 12.1 Å². The zero-order valence-corrected chi connectivity index (χ0v) is 19.8. The first-order valence-electron chi connectivity index (χ1n) is 9.80. The number of methoxy groups -OCH3 is 1. The molecule has 2 aromatic rings. The van der Waals surface area contributed by atoms with Crippen molar-refractivity contribution in [2.45, 2.75) is 51.0 Å². The molecule has 0 aliphatic carbocycles. The summed E-state index contributed by atoms with van der Waals surface area (Å²) >= 11 is 1.24. The molecule has 0 saturated carbocycles. The number of sulfonamides is 1. The maximum absolute atomic E-state index is 13.3. The Morgan fingerprint density at radius 3 is 2.43 bits per heavy atom. The molecule has 0 N–H and O–H groups in total. The number of nitrogens with zero attached hydrogens (tertiary/aromatic N) is 2. The number of benzene rings is 1. The van der Waals surface area contributed by atoms with E-state index in [1.54, 1.807) is 31.5 Å². The van der Waals surface area contributed by atoms with Crippen molar-refractivity contribution in [1.82, 2.24) is 9.29 Å². The highest BCUT2D eigenvalue weighted by molar-refractivity contribution is 7.89. The van der Waals surface area contributed by atoms with Gasteiger partial charge in [-0.1, -0.05) is 32.9 Å². The van der Waals surface area contributed by atoms with E-state index in [0.717, 1.165) is 5.56 Å². The zero-order valence-electron chi connectivity index (χ0n) is 18.2. The van der Waals surface area contributed by atoms with Crippen molar-refractivity contribution >= 4 is 27.3 Å². The van der Waals surface area contributed by atoms with Gasteiger partial charge in [0.1, 0.15) is 5.01 Å². The van der Waals surface area contributed by atoms with Crippen LogP contribution in [-0.2, 0) is 31.5 Å². The predicted molar refractivity (Wildman–Crippen MR) is 117 cm³/mol. The van der Waals surface area contributed by atoms with Crippen molar-refractivity contribution in [3.8, 4) is 0 Å². The third-order valence-electron chi connectivity index (χ3n) is 4.46. The SMILES string of the molecule is CCOC(=O)c1csc(CN(CCCOC)S(=O)(=O)c2ccc(C(C)(C)C)cc2)n1. The van der Waals surface area contributed by atoms with Crippen molar-refractivity contribution in [3.05, 3.63) is 45.9 Å². The normalized spacial score (nSPS) is 12.3. The number of hydrogen-bond acceptors (Lipinski definition) is 7. The van der Waals surface area contributed by atoms with Crippen LogP contribution in [0.5, 0.6) is 0 Å². The molecule has 1 aromatic carbocycles. The fourth-order valence-corrected chi connectivity index (χ4v) is 5.08. The van der Waals surface area contributed by atoms with Gasteiger partial charge in [0.2, 0.25) is 10.0 Å². The van der Waals surface area contributed by atoms with Gasteiger partial charge < -0.3 is 9.47 Å². The van der Waals surface area contributed by atoms with Crippen molar-refractivity contribution in [2.75, 3.05) is 26.9 Å². The van der Waals surface area contributed by atoms with Gasteiger partial charge in [-0.25, -0.2) is 18.2 Å². The summed E-state index contributed by atoms with van der Waals surface area (Å²) in [5.74, 6) is -0.508. The first kappa shape index (κ1) is 24.5. The van der Waals surface area contributed by atoms with Crippen LogP contribution in [0.3, 0.4) is 0 Å². The second-order valence-electron chi connectivity index (χ2n) is 7.81. The summed E-state index contributed by atoms with van der Waals surface area (Å²) in [5, 5.41) is 2.12. The van der Waals surface area contributed by atoms with Crippen LogP contribution in [0.15, 0.2) is 34.5 Å². The maximum Gasteiger partial charge on any atom is 0.357 e. The summed E-state index contributed by atoms with van der Waals surface area (Å²) in [6.45, 7) is 9.03. The molecule has 9 heteroatoms. The Hall–Kier alpha value is -1.81. The average molecular weight is 455 g/mol. The molecule has 30 heavy (non-hydrogen) atoms. The van der Waals surface area contributed by atoms with Crippen molar-refractivity contribution in [3.63, 3.8) is 0 Å². The Morgan fingerprint density at radius 2 is 1.87 bits per heavy atom. The standard InChI is InChI=1S/C21H30N2O5S2/c1-6-28-20(24)18-15-29-19(22-18)14-23(12-7-13-27-5)30(25,26)17-10-8-16(9-11-17)21(2,3)4/h8-11,15H,6-7,12-14H2,1-5H3. The fraction of sp³-hybridized carbons (Fsp3) is 0.524. The van der Waals surface area contributed by atoms with Gasteiger partial charge in [-0.2, -0.15) is 4.31 Å². The molecule has 0 aliphatic rings. The number of thiazole rings is 1. The van der Waals surface area contributed by atoms with Gasteiger partial charge in [-0.15, -0.1) is 11.3 Å². The summed E-state index contributed by atoms with van der Waals surface area (Å²) in [6.07, 6.45) is 0.548. The number of carbonyl (C=O) groups excluding carboxylic acids is 1. The van der Waals surface area contributed by atoms with Crippen LogP contribution in [0, 0.1) is 0 Å². The Labute approximate surface area is 183 Å². The summed E-state index contributed by atoms with van der Waals surface area (Å²) in [6, 6.07) is 6.99. The highest BCUT2D eigenvalue weighted by atomic mass is 32.2. The van der Waals surface area contributed by atoms with E-state index in [-0.39, 0.29) is 35.7 Å². The Bertz CT molecular complexity index is 931. The van der Waals surface area contributed by atoms with E-state index in [2.05, 4.69) is 25.8 Å². The van der Waals surface area contributed by atoms with Gasteiger partial charge in [0, 0.05) is 25.6 Å². The van der Waals surface area contributed by atoms with Gasteiger partial charge in [-0.05, 0) is 36.5 Å². The van der Waals surface area contributed by atoms with Crippen molar-refractivity contribution in [1.29, 1.82) is 0 Å². The number of esters is 1. The van der Waals surface area contributed by atoms with Gasteiger partial charge in [0.25, 0.3) is 0 Å². The van der Waals surface area contributed by atoms with Crippen molar-refractivity contribution in [2.24, 2.45) is 0 Å². The predicted octanol–water partition coefficient (Wildman–Crippen LogP) is 3.84. The second-order valence-corrected chi connectivity index (χ2v) is 10.7. The minimum Gasteiger partial charge on any atom is -0.461 e. The van der Waals surface area contributed by atoms with Gasteiger partial charge >= 0.3 is 5.97 Å². The molecule has 0 unspecified atom stereocenters. The highest BCUT2D eigenvalue weighted by Crippen LogP contribution is 2.26. The van der Waals surface area contributed by atoms with Crippen LogP contribution in [0.25, 0.3) is 0 Å². The molecule has 0 aliphatic heterocycles. The van der Waals surface area contributed by atoms with Crippen LogP contribution in [0.1, 0.15) is 55.2 Å². The first-order valence-corrected chi connectivity index (χ1v) is 12.1. The third kappa shape index (κ3) is 6.34. The molecule has 166 valence electrons. The topological polar surface area (TPSA) is 85.8 Å². The number of ether oxygens (including phenoxy) is 2. The lowest BCUT2D eigenvalue weighted by atomic mass is 9.87. The summed E-state index contributed by atoms with van der Waals surface area (Å²) in [4.78, 5) is 16.3. The van der Waals surface area contributed by atoms with Crippen LogP contribution in [0.4, 0.5) is 0 Å². The van der Waals surface area contributed by atoms with Gasteiger partial charge in [-0.3, -0.25) is 0 Å². The molecule has 7 nitrogen and oxygen atoms in total. The smallest absolute Gasteiger partial charge is 0.357 e. The average Bonchev–Trinajstić information content (AvgIpc) is 3.16. The molecule has 0 atom stereocenters. The van der Waals surface area contributed by atoms with Crippen LogP contribution < -0.4 is 0 Å². The molecule has 1 heterocycles. The zero-order chi connectivity index (χ0) is 22.4. The van der Waals surface area contributed by atoms with E-state index >= 15 is 0 Å². The van der Waals surface area contributed by atoms with Crippen molar-refractivity contribution < 1.29 is 22.7 Å². The minimum atomic E-state index is -3.73. The largest absolute Gasteiger partial charge is 0.461 e. The molecule has 0 bridgehead atoms. The van der Waals surface area contributed by atoms with Gasteiger partial charge in [0.05, 0.1) is 18.0 Å². The molecule has 0 spiro atoms. The van der Waals surface area contributed by atoms with Gasteiger partial charge in [0.15, 0.2) is 5.69 Å². The molecule has 0 radical (unpaired) electrons. The fourth-order valence-electron chi connectivity index (χ4n) is 2.78. The highest BCUT2D eigenvalue weighted by Gasteiger charge is 2.26. The van der Waals surface area contributed by atoms with E-state index < -0.39 is 16.0 Å². The number of hydrogen-bond donors (Lipinski definition) is 0. The molecule has 0 fully saturated rings. The third-order valence-corrected chi connectivity index (χ3v) is 7.15. The number of aromatic nitrogens is 1. The van der Waals surface area contributed by atoms with Crippen LogP contribution in [0.2, 0.25) is 0 Å². The minimum absolute atomic E-state index is 0.0647. The summed E-state index contributed by atoms with van der Waals surface area (Å²) in [7, 11) is -2.16. The Morgan fingerprint density at radius 1 is 1.20 bits per heavy atom. The quantitative estimate of drug-likeness (QED) is 0.400. The van der Waals surface area contributed by atoms with Crippen LogP contribution >= 0.6 is 11.3 Å². The van der Waals surface area contributed by atoms with E-state index in [4.69, 9.17) is 9.47 Å². The molecule has 0 amide bonds.